The number of ether oxygens (including phenoxy) is 1. The van der Waals surface area contributed by atoms with E-state index in [-0.39, 0.29) is 5.54 Å². The Morgan fingerprint density at radius 2 is 2.10 bits per heavy atom. The molecule has 3 nitrogen and oxygen atoms in total. The van der Waals surface area contributed by atoms with Gasteiger partial charge in [-0.15, -0.1) is 0 Å². The molecule has 2 heterocycles. The van der Waals surface area contributed by atoms with Crippen LogP contribution in [0.2, 0.25) is 0 Å². The molecule has 2 aliphatic heterocycles. The summed E-state index contributed by atoms with van der Waals surface area (Å²) in [5.41, 5.74) is 2.69. The molecule has 21 heavy (non-hydrogen) atoms. The van der Waals surface area contributed by atoms with Crippen LogP contribution in [0.15, 0.2) is 18.2 Å². The van der Waals surface area contributed by atoms with Crippen molar-refractivity contribution >= 4 is 5.78 Å². The van der Waals surface area contributed by atoms with Crippen LogP contribution in [0.5, 0.6) is 5.75 Å². The Morgan fingerprint density at radius 3 is 2.86 bits per heavy atom. The lowest BCUT2D eigenvalue weighted by Gasteiger charge is -2.51. The van der Waals surface area contributed by atoms with Crippen LogP contribution in [0.4, 0.5) is 0 Å². The zero-order chi connectivity index (χ0) is 14.9. The molecular formula is C18H25NO2. The van der Waals surface area contributed by atoms with E-state index in [9.17, 15) is 4.79 Å². The summed E-state index contributed by atoms with van der Waals surface area (Å²) in [7, 11) is 1.72. The average Bonchev–Trinajstić information content (AvgIpc) is 2.52. The van der Waals surface area contributed by atoms with Gasteiger partial charge in [0.25, 0.3) is 0 Å². The van der Waals surface area contributed by atoms with Crippen LogP contribution in [0.25, 0.3) is 0 Å². The third-order valence-electron chi connectivity index (χ3n) is 5.16. The number of piperidine rings is 1. The van der Waals surface area contributed by atoms with E-state index < -0.39 is 0 Å². The normalized spacial score (nSPS) is 25.3. The highest BCUT2D eigenvalue weighted by Gasteiger charge is 2.45. The number of nitrogens with zero attached hydrogens (tertiary/aromatic N) is 1. The van der Waals surface area contributed by atoms with E-state index in [2.05, 4.69) is 30.0 Å². The van der Waals surface area contributed by atoms with E-state index >= 15 is 0 Å². The molecule has 0 aromatic heterocycles. The highest BCUT2D eigenvalue weighted by Crippen LogP contribution is 2.45. The fourth-order valence-electron chi connectivity index (χ4n) is 4.06. The van der Waals surface area contributed by atoms with Gasteiger partial charge in [0.15, 0.2) is 0 Å². The maximum absolute atomic E-state index is 12.2. The van der Waals surface area contributed by atoms with Gasteiger partial charge in [0, 0.05) is 25.9 Å². The van der Waals surface area contributed by atoms with Crippen LogP contribution in [-0.2, 0) is 16.8 Å². The minimum absolute atomic E-state index is 0.0504. The van der Waals surface area contributed by atoms with Crippen LogP contribution in [-0.4, -0.2) is 30.9 Å². The number of unbranched alkanes of at least 4 members (excludes halogenated alkanes) is 1. The number of methoxy groups -OCH3 is 1. The molecule has 1 unspecified atom stereocenters. The van der Waals surface area contributed by atoms with Gasteiger partial charge < -0.3 is 4.74 Å². The molecule has 1 saturated heterocycles. The van der Waals surface area contributed by atoms with Gasteiger partial charge in [-0.2, -0.15) is 0 Å². The van der Waals surface area contributed by atoms with E-state index in [1.165, 1.54) is 24.0 Å². The number of Topliss-reactive ketones (excluding diaryl/α,β-unsaturated/α-hetero) is 1. The maximum atomic E-state index is 12.2. The number of rotatable bonds is 4. The summed E-state index contributed by atoms with van der Waals surface area (Å²) in [6, 6.07) is 6.42. The van der Waals surface area contributed by atoms with Crippen molar-refractivity contribution in [3.05, 3.63) is 29.3 Å². The minimum Gasteiger partial charge on any atom is -0.497 e. The molecule has 0 spiro atoms. The van der Waals surface area contributed by atoms with Crippen LogP contribution in [0, 0.1) is 0 Å². The SMILES string of the molecule is CCCCC12CC(=O)CCN1CCc1cc(OC)ccc12. The molecule has 1 aromatic carbocycles. The molecule has 0 saturated carbocycles. The first-order chi connectivity index (χ1) is 10.2. The van der Waals surface area contributed by atoms with E-state index in [1.54, 1.807) is 7.11 Å². The minimum atomic E-state index is -0.0504. The van der Waals surface area contributed by atoms with E-state index in [4.69, 9.17) is 4.74 Å². The third kappa shape index (κ3) is 2.48. The lowest BCUT2D eigenvalue weighted by atomic mass is 9.72. The maximum Gasteiger partial charge on any atom is 0.136 e. The number of fused-ring (bicyclic) bond motifs is 3. The van der Waals surface area contributed by atoms with Crippen molar-refractivity contribution < 1.29 is 9.53 Å². The largest absolute Gasteiger partial charge is 0.497 e. The quantitative estimate of drug-likeness (QED) is 0.851. The first-order valence-corrected chi connectivity index (χ1v) is 8.14. The first-order valence-electron chi connectivity index (χ1n) is 8.14. The molecule has 3 heteroatoms. The molecule has 114 valence electrons. The number of hydrogen-bond donors (Lipinski definition) is 0. The molecule has 0 radical (unpaired) electrons. The Labute approximate surface area is 127 Å². The second-order valence-corrected chi connectivity index (χ2v) is 6.36. The highest BCUT2D eigenvalue weighted by atomic mass is 16.5. The zero-order valence-corrected chi connectivity index (χ0v) is 13.2. The van der Waals surface area contributed by atoms with Crippen molar-refractivity contribution in [2.75, 3.05) is 20.2 Å². The zero-order valence-electron chi connectivity index (χ0n) is 13.2. The number of carbonyl (C=O) groups is 1. The Hall–Kier alpha value is -1.35. The second kappa shape index (κ2) is 5.80. The predicted octanol–water partition coefficient (Wildman–Crippen LogP) is 3.30. The average molecular weight is 287 g/mol. The Bertz CT molecular complexity index is 540. The Morgan fingerprint density at radius 1 is 1.29 bits per heavy atom. The monoisotopic (exact) mass is 287 g/mol. The first kappa shape index (κ1) is 14.6. The topological polar surface area (TPSA) is 29.5 Å². The smallest absolute Gasteiger partial charge is 0.136 e. The van der Waals surface area contributed by atoms with Crippen LogP contribution in [0.3, 0.4) is 0 Å². The van der Waals surface area contributed by atoms with E-state index in [1.807, 2.05) is 0 Å². The summed E-state index contributed by atoms with van der Waals surface area (Å²) in [6.45, 7) is 4.22. The Kier molecular flexibility index (Phi) is 4.03. The Balaban J connectivity index is 2.05. The van der Waals surface area contributed by atoms with E-state index in [0.717, 1.165) is 38.1 Å². The van der Waals surface area contributed by atoms with Gasteiger partial charge in [0.05, 0.1) is 12.6 Å². The van der Waals surface area contributed by atoms with Crippen molar-refractivity contribution in [2.45, 2.75) is 51.0 Å². The number of benzene rings is 1. The van der Waals surface area contributed by atoms with Crippen molar-refractivity contribution in [1.82, 2.24) is 4.90 Å². The van der Waals surface area contributed by atoms with Crippen molar-refractivity contribution in [2.24, 2.45) is 0 Å². The van der Waals surface area contributed by atoms with Crippen molar-refractivity contribution in [3.8, 4) is 5.75 Å². The molecule has 0 amide bonds. The number of ketones is 1. The molecular weight excluding hydrogens is 262 g/mol. The van der Waals surface area contributed by atoms with Gasteiger partial charge >= 0.3 is 0 Å². The van der Waals surface area contributed by atoms with Gasteiger partial charge in [0.2, 0.25) is 0 Å². The highest BCUT2D eigenvalue weighted by molar-refractivity contribution is 5.81. The fourth-order valence-corrected chi connectivity index (χ4v) is 4.06. The van der Waals surface area contributed by atoms with Gasteiger partial charge in [-0.3, -0.25) is 9.69 Å². The van der Waals surface area contributed by atoms with Gasteiger partial charge in [0.1, 0.15) is 11.5 Å². The summed E-state index contributed by atoms with van der Waals surface area (Å²) in [6.07, 6.45) is 5.92. The predicted molar refractivity (Wildman–Crippen MR) is 83.7 cm³/mol. The van der Waals surface area contributed by atoms with Crippen molar-refractivity contribution in [1.29, 1.82) is 0 Å². The third-order valence-corrected chi connectivity index (χ3v) is 5.16. The standard InChI is InChI=1S/C18H25NO2/c1-3-4-9-18-13-15(20)8-11-19(18)10-7-14-12-16(21-2)5-6-17(14)18/h5-6,12H,3-4,7-11,13H2,1-2H3. The second-order valence-electron chi connectivity index (χ2n) is 6.36. The molecule has 0 N–H and O–H groups in total. The summed E-state index contributed by atoms with van der Waals surface area (Å²) in [5, 5.41) is 0. The van der Waals surface area contributed by atoms with Crippen molar-refractivity contribution in [3.63, 3.8) is 0 Å². The molecule has 1 fully saturated rings. The summed E-state index contributed by atoms with van der Waals surface area (Å²) >= 11 is 0. The van der Waals surface area contributed by atoms with Gasteiger partial charge in [-0.1, -0.05) is 25.8 Å². The lowest BCUT2D eigenvalue weighted by molar-refractivity contribution is -0.128. The lowest BCUT2D eigenvalue weighted by Crippen LogP contribution is -2.55. The van der Waals surface area contributed by atoms with Gasteiger partial charge in [-0.25, -0.2) is 0 Å². The van der Waals surface area contributed by atoms with E-state index in [0.29, 0.717) is 12.2 Å². The summed E-state index contributed by atoms with van der Waals surface area (Å²) in [4.78, 5) is 14.7. The summed E-state index contributed by atoms with van der Waals surface area (Å²) in [5.74, 6) is 1.35. The summed E-state index contributed by atoms with van der Waals surface area (Å²) < 4.78 is 5.37. The molecule has 1 aromatic rings. The number of hydrogen-bond acceptors (Lipinski definition) is 3. The van der Waals surface area contributed by atoms with Crippen LogP contribution in [0.1, 0.15) is 50.2 Å². The number of carbonyl (C=O) groups excluding carboxylic acids is 1. The molecule has 0 bridgehead atoms. The molecule has 1 atom stereocenters. The fraction of sp³-hybridized carbons (Fsp3) is 0.611. The molecule has 0 aliphatic carbocycles. The molecule has 3 rings (SSSR count). The molecule has 2 aliphatic rings. The van der Waals surface area contributed by atoms with Crippen LogP contribution >= 0.6 is 0 Å². The van der Waals surface area contributed by atoms with Gasteiger partial charge in [-0.05, 0) is 36.1 Å². The van der Waals surface area contributed by atoms with Crippen LogP contribution < -0.4 is 4.74 Å².